The molecule has 0 aliphatic heterocycles. The Balaban J connectivity index is 1.62. The van der Waals surface area contributed by atoms with Crippen molar-refractivity contribution in [3.63, 3.8) is 0 Å². The molecule has 4 aromatic rings. The topological polar surface area (TPSA) is 152 Å². The number of para-hydroxylation sites is 1. The molecule has 4 rings (SSSR count). The number of carbonyl (C=O) groups excluding carboxylic acids is 1. The molecule has 15 heteroatoms. The summed E-state index contributed by atoms with van der Waals surface area (Å²) >= 11 is 0. The van der Waals surface area contributed by atoms with E-state index < -0.39 is 48.5 Å². The maximum atomic E-state index is 13.1. The second-order valence-corrected chi connectivity index (χ2v) is 9.52. The van der Waals surface area contributed by atoms with Gasteiger partial charge in [0.25, 0.3) is 15.6 Å². The molecule has 0 unspecified atom stereocenters. The number of carbonyl (C=O) groups is 1. The Bertz CT molecular complexity index is 1730. The van der Waals surface area contributed by atoms with E-state index in [1.165, 1.54) is 12.1 Å². The van der Waals surface area contributed by atoms with E-state index in [1.807, 2.05) is 42.2 Å². The number of alkyl halides is 3. The van der Waals surface area contributed by atoms with Gasteiger partial charge in [0.15, 0.2) is 5.69 Å². The van der Waals surface area contributed by atoms with Gasteiger partial charge in [-0.05, 0) is 43.3 Å². The average molecular weight is 550 g/mol. The van der Waals surface area contributed by atoms with Gasteiger partial charge in [-0.2, -0.15) is 21.6 Å². The van der Waals surface area contributed by atoms with Crippen molar-refractivity contribution in [1.29, 1.82) is 0 Å². The molecule has 2 aromatic heterocycles. The highest BCUT2D eigenvalue weighted by Gasteiger charge is 2.45. The van der Waals surface area contributed by atoms with Gasteiger partial charge in [0.1, 0.15) is 12.4 Å². The van der Waals surface area contributed by atoms with E-state index in [0.29, 0.717) is 6.20 Å². The minimum atomic E-state index is -5.59. The zero-order chi connectivity index (χ0) is 27.7. The lowest BCUT2D eigenvalue weighted by Crippen LogP contribution is -2.42. The lowest BCUT2D eigenvalue weighted by Gasteiger charge is -2.22. The third-order valence-corrected chi connectivity index (χ3v) is 6.63. The van der Waals surface area contributed by atoms with Gasteiger partial charge >= 0.3 is 17.8 Å². The number of nitrogens with one attached hydrogen (secondary N) is 2. The van der Waals surface area contributed by atoms with Crippen LogP contribution in [0.4, 0.5) is 18.9 Å². The van der Waals surface area contributed by atoms with E-state index in [-0.39, 0.29) is 12.4 Å². The van der Waals surface area contributed by atoms with E-state index >= 15 is 0 Å². The normalized spacial score (nSPS) is 11.8. The number of sulfonamides is 1. The van der Waals surface area contributed by atoms with Gasteiger partial charge in [0.2, 0.25) is 0 Å². The Hall–Kier alpha value is -4.66. The summed E-state index contributed by atoms with van der Waals surface area (Å²) < 4.78 is 69.9. The first-order chi connectivity index (χ1) is 17.9. The first-order valence-electron chi connectivity index (χ1n) is 10.6. The molecule has 0 saturated carbocycles. The Labute approximate surface area is 211 Å². The molecule has 0 bridgehead atoms. The van der Waals surface area contributed by atoms with Crippen molar-refractivity contribution in [3.8, 4) is 5.75 Å². The van der Waals surface area contributed by atoms with E-state index in [1.54, 1.807) is 4.98 Å². The first kappa shape index (κ1) is 26.4. The van der Waals surface area contributed by atoms with Crippen LogP contribution in [0.25, 0.3) is 10.9 Å². The third-order valence-electron chi connectivity index (χ3n) is 5.06. The quantitative estimate of drug-likeness (QED) is 0.333. The molecule has 198 valence electrons. The Kier molecular flexibility index (Phi) is 6.95. The van der Waals surface area contributed by atoms with Crippen molar-refractivity contribution in [3.05, 3.63) is 92.9 Å². The molecule has 0 atom stereocenters. The highest BCUT2D eigenvalue weighted by molar-refractivity contribution is 7.92. The van der Waals surface area contributed by atoms with Crippen molar-refractivity contribution in [2.75, 3.05) is 4.47 Å². The zero-order valence-corrected chi connectivity index (χ0v) is 20.1. The van der Waals surface area contributed by atoms with Gasteiger partial charge < -0.3 is 14.6 Å². The first-order valence-corrected chi connectivity index (χ1v) is 12.0. The van der Waals surface area contributed by atoms with Crippen molar-refractivity contribution >= 4 is 32.6 Å². The van der Waals surface area contributed by atoms with Gasteiger partial charge in [-0.25, -0.2) is 9.59 Å². The fourth-order valence-electron chi connectivity index (χ4n) is 3.37. The number of aryl methyl sites for hydroxylation is 1. The lowest BCUT2D eigenvalue weighted by atomic mass is 10.1. The number of hydrogen-bond donors (Lipinski definition) is 2. The van der Waals surface area contributed by atoms with Crippen LogP contribution in [0.2, 0.25) is 0 Å². The van der Waals surface area contributed by atoms with E-state index in [9.17, 15) is 36.0 Å². The number of hydrogen-bond acceptors (Lipinski definition) is 8. The average Bonchev–Trinajstić information content (AvgIpc) is 2.85. The van der Waals surface area contributed by atoms with Crippen LogP contribution in [0.3, 0.4) is 0 Å². The van der Waals surface area contributed by atoms with E-state index in [4.69, 9.17) is 4.74 Å². The van der Waals surface area contributed by atoms with Gasteiger partial charge in [0.05, 0.1) is 10.4 Å². The summed E-state index contributed by atoms with van der Waals surface area (Å²) in [5, 5.41) is 0.852. The molecule has 0 aliphatic carbocycles. The summed E-state index contributed by atoms with van der Waals surface area (Å²) in [5.41, 5.74) is -1.26. The van der Waals surface area contributed by atoms with Crippen LogP contribution in [0.5, 0.6) is 5.75 Å². The number of fused-ring (bicyclic) bond motifs is 1. The zero-order valence-electron chi connectivity index (χ0n) is 19.3. The van der Waals surface area contributed by atoms with Crippen LogP contribution in [0.15, 0.2) is 75.3 Å². The van der Waals surface area contributed by atoms with Crippen LogP contribution in [-0.4, -0.2) is 35.5 Å². The fraction of sp³-hybridized carbons (Fsp3) is 0.130. The van der Waals surface area contributed by atoms with Crippen molar-refractivity contribution < 1.29 is 36.0 Å². The van der Waals surface area contributed by atoms with Gasteiger partial charge in [-0.1, -0.05) is 22.7 Å². The molecular weight excluding hydrogens is 533 g/mol. The molecule has 2 N–H and O–H groups in total. The Morgan fingerprint density at radius 2 is 1.76 bits per heavy atom. The largest absolute Gasteiger partial charge is 0.493 e. The number of rotatable bonds is 7. The molecule has 11 nitrogen and oxygen atoms in total. The number of pyridine rings is 1. The van der Waals surface area contributed by atoms with Crippen LogP contribution in [-0.2, 0) is 26.3 Å². The van der Waals surface area contributed by atoms with E-state index in [2.05, 4.69) is 9.82 Å². The van der Waals surface area contributed by atoms with Crippen LogP contribution in [0.1, 0.15) is 11.3 Å². The minimum absolute atomic E-state index is 0.0953. The fourth-order valence-corrected chi connectivity index (χ4v) is 4.60. The van der Waals surface area contributed by atoms with Crippen molar-refractivity contribution in [1.82, 2.24) is 15.0 Å². The second-order valence-electron chi connectivity index (χ2n) is 7.77. The molecule has 2 heterocycles. The van der Waals surface area contributed by atoms with Gasteiger partial charge in [0, 0.05) is 22.8 Å². The molecule has 0 amide bonds. The summed E-state index contributed by atoms with van der Waals surface area (Å²) in [6.07, 6.45) is -5.10. The number of ether oxygens (including phenoxy) is 1. The summed E-state index contributed by atoms with van der Waals surface area (Å²) in [6, 6.07) is 13.6. The van der Waals surface area contributed by atoms with Gasteiger partial charge in [-0.15, -0.1) is 0 Å². The monoisotopic (exact) mass is 550 g/mol. The summed E-state index contributed by atoms with van der Waals surface area (Å²) in [5.74, 6) is -2.70. The number of halogens is 3. The number of aromatic nitrogens is 3. The van der Waals surface area contributed by atoms with Crippen molar-refractivity contribution in [2.24, 2.45) is 0 Å². The summed E-state index contributed by atoms with van der Waals surface area (Å²) in [7, 11) is -5.08. The molecule has 2 aromatic carbocycles. The van der Waals surface area contributed by atoms with E-state index in [0.717, 1.165) is 34.3 Å². The highest BCUT2D eigenvalue weighted by Crippen LogP contribution is 2.27. The number of anilines is 1. The second kappa shape index (κ2) is 10.0. The molecule has 38 heavy (non-hydrogen) atoms. The number of benzene rings is 2. The van der Waals surface area contributed by atoms with Gasteiger partial charge in [-0.3, -0.25) is 14.8 Å². The molecule has 0 spiro atoms. The number of H-pyrrole nitrogens is 2. The summed E-state index contributed by atoms with van der Waals surface area (Å²) in [4.78, 5) is 46.2. The molecular formula is C23H17F3N4O7S. The smallest absolute Gasteiger partial charge is 0.489 e. The van der Waals surface area contributed by atoms with Crippen LogP contribution >= 0.6 is 0 Å². The number of nitrogens with zero attached hydrogens (tertiary/aromatic N) is 2. The molecule has 0 radical (unpaired) electrons. The predicted octanol–water partition coefficient (Wildman–Crippen LogP) is 2.71. The minimum Gasteiger partial charge on any atom is -0.489 e. The lowest BCUT2D eigenvalue weighted by molar-refractivity contribution is -0.199. The molecule has 0 fully saturated rings. The maximum absolute atomic E-state index is 13.1. The highest BCUT2D eigenvalue weighted by atomic mass is 32.2. The van der Waals surface area contributed by atoms with Crippen LogP contribution < -0.4 is 20.5 Å². The third kappa shape index (κ3) is 5.51. The van der Waals surface area contributed by atoms with Crippen molar-refractivity contribution in [2.45, 2.75) is 24.6 Å². The standard InChI is InChI=1S/C23H17F3N4O7S/c1-13-10-14(17-4-2-3-5-18(17)28-13)12-36-15-6-8-16(9-7-15)38(34,35)30(37-21(32)23(24,25)26)19-11-27-22(33)29-20(19)31/h2-11H,12H2,1H3,(H2,27,29,31,33). The molecule has 0 aliphatic rings. The summed E-state index contributed by atoms with van der Waals surface area (Å²) in [6.45, 7) is 1.92. The SMILES string of the molecule is Cc1cc(COc2ccc(S(=O)(=O)N(OC(=O)C(F)(F)F)c3c[nH]c(=O)[nH]c3=O)cc2)c2ccccc2n1. The predicted molar refractivity (Wildman–Crippen MR) is 127 cm³/mol. The number of aromatic amines is 2. The Morgan fingerprint density at radius 3 is 2.42 bits per heavy atom. The Morgan fingerprint density at radius 1 is 1.08 bits per heavy atom. The molecule has 0 saturated heterocycles. The maximum Gasteiger partial charge on any atom is 0.493 e. The van der Waals surface area contributed by atoms with Crippen LogP contribution in [0, 0.1) is 6.92 Å².